The number of imide groups is 1. The van der Waals surface area contributed by atoms with Crippen molar-refractivity contribution in [3.63, 3.8) is 0 Å². The van der Waals surface area contributed by atoms with Gasteiger partial charge < -0.3 is 4.74 Å². The van der Waals surface area contributed by atoms with Crippen LogP contribution in [0.2, 0.25) is 0 Å². The molecule has 1 heterocycles. The van der Waals surface area contributed by atoms with Gasteiger partial charge in [-0.05, 0) is 19.8 Å². The van der Waals surface area contributed by atoms with Gasteiger partial charge in [-0.15, -0.1) is 0 Å². The molecule has 0 aromatic heterocycles. The van der Waals surface area contributed by atoms with E-state index in [0.717, 1.165) is 17.7 Å². The predicted molar refractivity (Wildman–Crippen MR) is 56.3 cm³/mol. The molecule has 1 aliphatic heterocycles. The molecule has 0 unspecified atom stereocenters. The molecule has 0 radical (unpaired) electrons. The molecule has 5 heteroatoms. The van der Waals surface area contributed by atoms with Crippen molar-refractivity contribution in [2.45, 2.75) is 26.2 Å². The minimum absolute atomic E-state index is 0.192. The van der Waals surface area contributed by atoms with Crippen LogP contribution in [-0.4, -0.2) is 35.8 Å². The molecule has 5 nitrogen and oxygen atoms in total. The summed E-state index contributed by atoms with van der Waals surface area (Å²) in [5.41, 5.74) is 0.234. The van der Waals surface area contributed by atoms with Crippen LogP contribution >= 0.6 is 0 Å². The number of amides is 2. The van der Waals surface area contributed by atoms with E-state index in [-0.39, 0.29) is 11.5 Å². The summed E-state index contributed by atoms with van der Waals surface area (Å²) in [6, 6.07) is 0. The Kier molecular flexibility index (Phi) is 4.22. The third-order valence-corrected chi connectivity index (χ3v) is 2.30. The summed E-state index contributed by atoms with van der Waals surface area (Å²) < 4.78 is 4.68. The van der Waals surface area contributed by atoms with Gasteiger partial charge in [0.05, 0.1) is 0 Å². The molecule has 1 saturated heterocycles. The van der Waals surface area contributed by atoms with Gasteiger partial charge in [0.1, 0.15) is 0 Å². The fraction of sp³-hybridized carbons (Fsp3) is 0.545. The summed E-state index contributed by atoms with van der Waals surface area (Å²) in [6.07, 6.45) is 2.01. The monoisotopic (exact) mass is 225 g/mol. The summed E-state index contributed by atoms with van der Waals surface area (Å²) in [5, 5.41) is 0. The van der Waals surface area contributed by atoms with Crippen molar-refractivity contribution in [2.24, 2.45) is 0 Å². The normalized spacial score (nSPS) is 15.8. The van der Waals surface area contributed by atoms with E-state index in [2.05, 4.69) is 11.3 Å². The zero-order valence-corrected chi connectivity index (χ0v) is 9.32. The van der Waals surface area contributed by atoms with E-state index < -0.39 is 18.5 Å². The highest BCUT2D eigenvalue weighted by molar-refractivity contribution is 5.97. The average molecular weight is 225 g/mol. The first-order chi connectivity index (χ1) is 7.52. The standard InChI is InChI=1S/C11H15NO4/c1-8(2)11(15)16-7-10(14)12-6-4-3-5-9(12)13/h1,3-7H2,2H3. The molecule has 0 aromatic carbocycles. The topological polar surface area (TPSA) is 63.7 Å². The van der Waals surface area contributed by atoms with Crippen LogP contribution < -0.4 is 0 Å². The van der Waals surface area contributed by atoms with Gasteiger partial charge >= 0.3 is 5.97 Å². The molecule has 88 valence electrons. The Labute approximate surface area is 94.1 Å². The first-order valence-corrected chi connectivity index (χ1v) is 5.18. The zero-order valence-electron chi connectivity index (χ0n) is 9.32. The molecule has 1 aliphatic rings. The molecule has 2 amide bonds. The van der Waals surface area contributed by atoms with Crippen molar-refractivity contribution in [3.8, 4) is 0 Å². The summed E-state index contributed by atoms with van der Waals surface area (Å²) in [4.78, 5) is 35.1. The van der Waals surface area contributed by atoms with Gasteiger partial charge in [0.15, 0.2) is 6.61 Å². The highest BCUT2D eigenvalue weighted by Crippen LogP contribution is 2.10. The lowest BCUT2D eigenvalue weighted by molar-refractivity contribution is -0.155. The van der Waals surface area contributed by atoms with Crippen molar-refractivity contribution < 1.29 is 19.1 Å². The number of likely N-dealkylation sites (tertiary alicyclic amines) is 1. The maximum absolute atomic E-state index is 11.5. The second kappa shape index (κ2) is 5.44. The van der Waals surface area contributed by atoms with Gasteiger partial charge in [0.25, 0.3) is 5.91 Å². The zero-order chi connectivity index (χ0) is 12.1. The van der Waals surface area contributed by atoms with Gasteiger partial charge in [-0.25, -0.2) is 4.79 Å². The molecule has 0 aliphatic carbocycles. The molecule has 1 fully saturated rings. The van der Waals surface area contributed by atoms with E-state index in [0.29, 0.717) is 13.0 Å². The van der Waals surface area contributed by atoms with E-state index in [9.17, 15) is 14.4 Å². The Hall–Kier alpha value is -1.65. The Balaban J connectivity index is 2.42. The first kappa shape index (κ1) is 12.4. The smallest absolute Gasteiger partial charge is 0.333 e. The number of hydrogen-bond donors (Lipinski definition) is 0. The second-order valence-electron chi connectivity index (χ2n) is 3.75. The van der Waals surface area contributed by atoms with E-state index in [4.69, 9.17) is 0 Å². The lowest BCUT2D eigenvalue weighted by Gasteiger charge is -2.24. The van der Waals surface area contributed by atoms with Crippen molar-refractivity contribution in [1.29, 1.82) is 0 Å². The van der Waals surface area contributed by atoms with Crippen LogP contribution in [0.15, 0.2) is 12.2 Å². The van der Waals surface area contributed by atoms with Crippen LogP contribution in [0.5, 0.6) is 0 Å². The Morgan fingerprint density at radius 2 is 2.12 bits per heavy atom. The van der Waals surface area contributed by atoms with Crippen molar-refractivity contribution >= 4 is 17.8 Å². The summed E-state index contributed by atoms with van der Waals surface area (Å²) in [5.74, 6) is -1.26. The number of carbonyl (C=O) groups is 3. The minimum atomic E-state index is -0.613. The number of hydrogen-bond acceptors (Lipinski definition) is 4. The van der Waals surface area contributed by atoms with E-state index in [1.165, 1.54) is 6.92 Å². The molecule has 0 bridgehead atoms. The summed E-state index contributed by atoms with van der Waals surface area (Å²) in [7, 11) is 0. The van der Waals surface area contributed by atoms with Crippen LogP contribution in [0, 0.1) is 0 Å². The van der Waals surface area contributed by atoms with Crippen LogP contribution in [0.3, 0.4) is 0 Å². The fourth-order valence-electron chi connectivity index (χ4n) is 1.40. The van der Waals surface area contributed by atoms with Crippen LogP contribution in [0.4, 0.5) is 0 Å². The highest BCUT2D eigenvalue weighted by Gasteiger charge is 2.24. The van der Waals surface area contributed by atoms with Crippen LogP contribution in [0.25, 0.3) is 0 Å². The fourth-order valence-corrected chi connectivity index (χ4v) is 1.40. The summed E-state index contributed by atoms with van der Waals surface area (Å²) in [6.45, 7) is 4.92. The predicted octanol–water partition coefficient (Wildman–Crippen LogP) is 0.645. The number of rotatable bonds is 3. The lowest BCUT2D eigenvalue weighted by atomic mass is 10.1. The quantitative estimate of drug-likeness (QED) is 0.522. The lowest BCUT2D eigenvalue weighted by Crippen LogP contribution is -2.42. The maximum Gasteiger partial charge on any atom is 0.333 e. The molecule has 1 rings (SSSR count). The van der Waals surface area contributed by atoms with Gasteiger partial charge in [0.2, 0.25) is 5.91 Å². The molecule has 0 aromatic rings. The third-order valence-electron chi connectivity index (χ3n) is 2.30. The van der Waals surface area contributed by atoms with E-state index in [1.807, 2.05) is 0 Å². The van der Waals surface area contributed by atoms with Crippen LogP contribution in [-0.2, 0) is 19.1 Å². The Morgan fingerprint density at radius 1 is 1.44 bits per heavy atom. The Bertz CT molecular complexity index is 335. The van der Waals surface area contributed by atoms with Gasteiger partial charge in [0, 0.05) is 18.5 Å². The average Bonchev–Trinajstić information content (AvgIpc) is 2.25. The van der Waals surface area contributed by atoms with Crippen molar-refractivity contribution in [1.82, 2.24) is 4.90 Å². The van der Waals surface area contributed by atoms with Crippen molar-refractivity contribution in [2.75, 3.05) is 13.2 Å². The highest BCUT2D eigenvalue weighted by atomic mass is 16.5. The number of ether oxygens (including phenoxy) is 1. The molecule has 0 saturated carbocycles. The van der Waals surface area contributed by atoms with E-state index in [1.54, 1.807) is 0 Å². The Morgan fingerprint density at radius 3 is 2.69 bits per heavy atom. The van der Waals surface area contributed by atoms with Gasteiger partial charge in [-0.1, -0.05) is 6.58 Å². The van der Waals surface area contributed by atoms with Gasteiger partial charge in [-0.3, -0.25) is 14.5 Å². The molecule has 0 atom stereocenters. The number of esters is 1. The molecule has 16 heavy (non-hydrogen) atoms. The number of piperidine rings is 1. The van der Waals surface area contributed by atoms with E-state index >= 15 is 0 Å². The second-order valence-corrected chi connectivity index (χ2v) is 3.75. The molecular formula is C11H15NO4. The van der Waals surface area contributed by atoms with Crippen LogP contribution in [0.1, 0.15) is 26.2 Å². The maximum atomic E-state index is 11.5. The number of nitrogens with zero attached hydrogens (tertiary/aromatic N) is 1. The minimum Gasteiger partial charge on any atom is -0.452 e. The molecule has 0 N–H and O–H groups in total. The summed E-state index contributed by atoms with van der Waals surface area (Å²) >= 11 is 0. The SMILES string of the molecule is C=C(C)C(=O)OCC(=O)N1CCCCC1=O. The largest absolute Gasteiger partial charge is 0.452 e. The number of carbonyl (C=O) groups excluding carboxylic acids is 3. The van der Waals surface area contributed by atoms with Gasteiger partial charge in [-0.2, -0.15) is 0 Å². The first-order valence-electron chi connectivity index (χ1n) is 5.18. The third kappa shape index (κ3) is 3.18. The van der Waals surface area contributed by atoms with Crippen molar-refractivity contribution in [3.05, 3.63) is 12.2 Å². The molecular weight excluding hydrogens is 210 g/mol. The molecule has 0 spiro atoms.